The lowest BCUT2D eigenvalue weighted by atomic mass is 10.1. The smallest absolute Gasteiger partial charge is 0.341 e. The van der Waals surface area contributed by atoms with Crippen molar-refractivity contribution < 1.29 is 28.6 Å². The Morgan fingerprint density at radius 3 is 2.21 bits per heavy atom. The van der Waals surface area contributed by atoms with Gasteiger partial charge in [-0.2, -0.15) is 0 Å². The standard InChI is InChI=1S/C19H22N2O6S/c1-10-14(19(24)27-6)17(28-15(10)18(23)21(2)3)20-16(22)11-7-8-12(25-4)13(9-11)26-5/h7-9H,1-6H3,(H,20,22). The van der Waals surface area contributed by atoms with E-state index in [2.05, 4.69) is 5.32 Å². The third-order valence-electron chi connectivity index (χ3n) is 4.01. The molecular weight excluding hydrogens is 384 g/mol. The van der Waals surface area contributed by atoms with Crippen LogP contribution in [0.4, 0.5) is 5.00 Å². The number of esters is 1. The van der Waals surface area contributed by atoms with Crippen LogP contribution in [0.2, 0.25) is 0 Å². The van der Waals surface area contributed by atoms with Gasteiger partial charge >= 0.3 is 5.97 Å². The summed E-state index contributed by atoms with van der Waals surface area (Å²) in [7, 11) is 7.43. The largest absolute Gasteiger partial charge is 0.493 e. The number of hydrogen-bond donors (Lipinski definition) is 1. The quantitative estimate of drug-likeness (QED) is 0.742. The minimum absolute atomic E-state index is 0.159. The van der Waals surface area contributed by atoms with E-state index in [4.69, 9.17) is 14.2 Å². The minimum Gasteiger partial charge on any atom is -0.493 e. The molecule has 8 nitrogen and oxygen atoms in total. The van der Waals surface area contributed by atoms with Gasteiger partial charge in [0.1, 0.15) is 5.00 Å². The van der Waals surface area contributed by atoms with E-state index < -0.39 is 11.9 Å². The lowest BCUT2D eigenvalue weighted by Crippen LogP contribution is -2.21. The molecule has 0 aliphatic carbocycles. The van der Waals surface area contributed by atoms with Crippen molar-refractivity contribution in [3.8, 4) is 11.5 Å². The Balaban J connectivity index is 2.44. The van der Waals surface area contributed by atoms with Gasteiger partial charge in [0.2, 0.25) is 0 Å². The lowest BCUT2D eigenvalue weighted by molar-refractivity contribution is 0.0601. The fourth-order valence-corrected chi connectivity index (χ4v) is 3.72. The van der Waals surface area contributed by atoms with Gasteiger partial charge in [-0.3, -0.25) is 9.59 Å². The molecule has 2 rings (SSSR count). The van der Waals surface area contributed by atoms with Crippen molar-refractivity contribution in [2.24, 2.45) is 0 Å². The molecule has 1 aromatic carbocycles. The number of benzene rings is 1. The number of rotatable bonds is 6. The van der Waals surface area contributed by atoms with Gasteiger partial charge in [-0.25, -0.2) is 4.79 Å². The highest BCUT2D eigenvalue weighted by molar-refractivity contribution is 7.18. The fourth-order valence-electron chi connectivity index (χ4n) is 2.51. The Labute approximate surface area is 167 Å². The number of thiophene rings is 1. The van der Waals surface area contributed by atoms with Crippen LogP contribution in [0.3, 0.4) is 0 Å². The first-order chi connectivity index (χ1) is 13.2. The van der Waals surface area contributed by atoms with Crippen molar-refractivity contribution in [3.63, 3.8) is 0 Å². The van der Waals surface area contributed by atoms with Crippen LogP contribution in [0.25, 0.3) is 0 Å². The molecule has 0 fully saturated rings. The molecule has 1 N–H and O–H groups in total. The van der Waals surface area contributed by atoms with Crippen molar-refractivity contribution in [1.82, 2.24) is 4.90 Å². The van der Waals surface area contributed by atoms with Gasteiger partial charge in [-0.05, 0) is 30.7 Å². The Kier molecular flexibility index (Phi) is 6.63. The molecule has 1 heterocycles. The molecule has 0 aliphatic heterocycles. The molecule has 0 atom stereocenters. The SMILES string of the molecule is COC(=O)c1c(NC(=O)c2ccc(OC)c(OC)c2)sc(C(=O)N(C)C)c1C. The summed E-state index contributed by atoms with van der Waals surface area (Å²) in [5, 5.41) is 2.94. The minimum atomic E-state index is -0.630. The summed E-state index contributed by atoms with van der Waals surface area (Å²) in [5.74, 6) is -0.473. The van der Waals surface area contributed by atoms with E-state index in [1.54, 1.807) is 33.2 Å². The highest BCUT2D eigenvalue weighted by atomic mass is 32.1. The maximum atomic E-state index is 12.7. The number of nitrogens with zero attached hydrogens (tertiary/aromatic N) is 1. The number of amides is 2. The number of carbonyl (C=O) groups is 3. The molecule has 9 heteroatoms. The van der Waals surface area contributed by atoms with Crippen molar-refractivity contribution >= 4 is 34.1 Å². The van der Waals surface area contributed by atoms with E-state index >= 15 is 0 Å². The topological polar surface area (TPSA) is 94.2 Å². The van der Waals surface area contributed by atoms with Crippen molar-refractivity contribution in [2.75, 3.05) is 40.7 Å². The summed E-state index contributed by atoms with van der Waals surface area (Å²) in [6, 6.07) is 4.70. The number of nitrogens with one attached hydrogen (secondary N) is 1. The first-order valence-electron chi connectivity index (χ1n) is 8.21. The third kappa shape index (κ3) is 4.09. The van der Waals surface area contributed by atoms with Gasteiger partial charge < -0.3 is 24.4 Å². The van der Waals surface area contributed by atoms with Crippen molar-refractivity contribution in [2.45, 2.75) is 6.92 Å². The molecule has 2 amide bonds. The average molecular weight is 406 g/mol. The van der Waals surface area contributed by atoms with Crippen LogP contribution >= 0.6 is 11.3 Å². The molecule has 0 bridgehead atoms. The maximum Gasteiger partial charge on any atom is 0.341 e. The molecular formula is C19H22N2O6S. The zero-order valence-corrected chi connectivity index (χ0v) is 17.4. The highest BCUT2D eigenvalue weighted by Crippen LogP contribution is 2.35. The molecule has 1 aromatic heterocycles. The summed E-state index contributed by atoms with van der Waals surface area (Å²) in [5.41, 5.74) is 0.921. The van der Waals surface area contributed by atoms with Crippen LogP contribution in [0.5, 0.6) is 11.5 Å². The number of hydrogen-bond acceptors (Lipinski definition) is 7. The van der Waals surface area contributed by atoms with Gasteiger partial charge in [-0.1, -0.05) is 0 Å². The Morgan fingerprint density at radius 1 is 1.04 bits per heavy atom. The van der Waals surface area contributed by atoms with Gasteiger partial charge in [0.25, 0.3) is 11.8 Å². The van der Waals surface area contributed by atoms with E-state index in [-0.39, 0.29) is 16.5 Å². The van der Waals surface area contributed by atoms with Crippen LogP contribution in [-0.4, -0.2) is 58.1 Å². The second-order valence-corrected chi connectivity index (χ2v) is 7.00. The molecule has 0 saturated carbocycles. The normalized spacial score (nSPS) is 10.2. The van der Waals surface area contributed by atoms with E-state index in [0.29, 0.717) is 27.5 Å². The summed E-state index contributed by atoms with van der Waals surface area (Å²) >= 11 is 1.03. The summed E-state index contributed by atoms with van der Waals surface area (Å²) in [4.78, 5) is 39.1. The molecule has 150 valence electrons. The van der Waals surface area contributed by atoms with Gasteiger partial charge in [0, 0.05) is 19.7 Å². The zero-order chi connectivity index (χ0) is 21.0. The first kappa shape index (κ1) is 21.2. The van der Waals surface area contributed by atoms with Gasteiger partial charge in [0.15, 0.2) is 11.5 Å². The monoisotopic (exact) mass is 406 g/mol. The Morgan fingerprint density at radius 2 is 1.68 bits per heavy atom. The van der Waals surface area contributed by atoms with Crippen LogP contribution in [0.1, 0.15) is 36.0 Å². The van der Waals surface area contributed by atoms with Crippen molar-refractivity contribution in [3.05, 3.63) is 39.8 Å². The molecule has 2 aromatic rings. The Bertz CT molecular complexity index is 919. The third-order valence-corrected chi connectivity index (χ3v) is 5.20. The summed E-state index contributed by atoms with van der Waals surface area (Å²) in [6.07, 6.45) is 0. The second kappa shape index (κ2) is 8.75. The van der Waals surface area contributed by atoms with E-state index in [0.717, 1.165) is 11.3 Å². The molecule has 28 heavy (non-hydrogen) atoms. The molecule has 0 radical (unpaired) electrons. The van der Waals surface area contributed by atoms with E-state index in [1.807, 2.05) is 0 Å². The predicted octanol–water partition coefficient (Wildman–Crippen LogP) is 2.81. The predicted molar refractivity (Wildman–Crippen MR) is 106 cm³/mol. The van der Waals surface area contributed by atoms with Crippen LogP contribution in [0, 0.1) is 6.92 Å². The van der Waals surface area contributed by atoms with Crippen LogP contribution in [0.15, 0.2) is 18.2 Å². The average Bonchev–Trinajstić information content (AvgIpc) is 3.01. The summed E-state index contributed by atoms with van der Waals surface area (Å²) in [6.45, 7) is 1.64. The maximum absolute atomic E-state index is 12.7. The van der Waals surface area contributed by atoms with Gasteiger partial charge in [0.05, 0.1) is 31.8 Å². The summed E-state index contributed by atoms with van der Waals surface area (Å²) < 4.78 is 15.2. The van der Waals surface area contributed by atoms with Crippen LogP contribution < -0.4 is 14.8 Å². The number of methoxy groups -OCH3 is 3. The van der Waals surface area contributed by atoms with Crippen LogP contribution in [-0.2, 0) is 4.74 Å². The zero-order valence-electron chi connectivity index (χ0n) is 16.5. The lowest BCUT2D eigenvalue weighted by Gasteiger charge is -2.10. The molecule has 0 aliphatic rings. The second-order valence-electron chi connectivity index (χ2n) is 5.98. The number of carbonyl (C=O) groups excluding carboxylic acids is 3. The van der Waals surface area contributed by atoms with E-state index in [9.17, 15) is 14.4 Å². The molecule has 0 saturated heterocycles. The fraction of sp³-hybridized carbons (Fsp3) is 0.316. The Hall–Kier alpha value is -3.07. The van der Waals surface area contributed by atoms with Gasteiger partial charge in [-0.15, -0.1) is 11.3 Å². The first-order valence-corrected chi connectivity index (χ1v) is 9.03. The van der Waals surface area contributed by atoms with E-state index in [1.165, 1.54) is 32.3 Å². The molecule has 0 spiro atoms. The highest BCUT2D eigenvalue weighted by Gasteiger charge is 2.27. The molecule has 0 unspecified atom stereocenters. The number of anilines is 1. The number of ether oxygens (including phenoxy) is 3. The van der Waals surface area contributed by atoms with Crippen molar-refractivity contribution in [1.29, 1.82) is 0 Å².